The summed E-state index contributed by atoms with van der Waals surface area (Å²) in [5.41, 5.74) is 4.81. The molecule has 0 aliphatic carbocycles. The van der Waals surface area contributed by atoms with Gasteiger partial charge in [0.15, 0.2) is 5.78 Å². The summed E-state index contributed by atoms with van der Waals surface area (Å²) in [5.74, 6) is 0.109. The summed E-state index contributed by atoms with van der Waals surface area (Å²) in [6, 6.07) is 0. The molecule has 2 nitrogen and oxygen atoms in total. The molecule has 0 saturated carbocycles. The summed E-state index contributed by atoms with van der Waals surface area (Å²) in [7, 11) is 0. The van der Waals surface area contributed by atoms with Gasteiger partial charge in [0, 0.05) is 6.42 Å². The fraction of sp³-hybridized carbons (Fsp3) is 0.833. The van der Waals surface area contributed by atoms with Crippen LogP contribution in [-0.2, 0) is 4.79 Å². The summed E-state index contributed by atoms with van der Waals surface area (Å²) < 4.78 is 0. The molecule has 0 saturated heterocycles. The van der Waals surface area contributed by atoms with Gasteiger partial charge in [-0.15, -0.1) is 0 Å². The number of nitrogens with two attached hydrogens (primary N) is 1. The third-order valence-corrected chi connectivity index (χ3v) is 1.04. The fourth-order valence-electron chi connectivity index (χ4n) is 0.456. The van der Waals surface area contributed by atoms with Gasteiger partial charge in [0.2, 0.25) is 0 Å². The zero-order chi connectivity index (χ0) is 6.78. The first-order valence-electron chi connectivity index (χ1n) is 2.80. The Labute approximate surface area is 50.1 Å². The molecule has 0 amide bonds. The molecule has 0 aliphatic heterocycles. The first-order chi connectivity index (χ1) is 3.48. The van der Waals surface area contributed by atoms with Crippen LogP contribution in [0.5, 0.6) is 0 Å². The maximum Gasteiger partial charge on any atom is 0.151 e. The molecular formula is C6H13NO. The highest BCUT2D eigenvalue weighted by molar-refractivity contribution is 5.86. The number of hydrogen-bond donors (Lipinski definition) is 1. The van der Waals surface area contributed by atoms with Crippen LogP contribution in [0.15, 0.2) is 0 Å². The van der Waals surface area contributed by atoms with Crippen LogP contribution in [0, 0.1) is 0 Å². The minimum absolute atomic E-state index is 0.109. The van der Waals surface area contributed by atoms with Crippen LogP contribution in [0.2, 0.25) is 0 Å². The van der Waals surface area contributed by atoms with Gasteiger partial charge in [-0.1, -0.05) is 6.92 Å². The van der Waals surface area contributed by atoms with Crippen molar-refractivity contribution >= 4 is 5.78 Å². The van der Waals surface area contributed by atoms with Crippen LogP contribution >= 0.6 is 0 Å². The lowest BCUT2D eigenvalue weighted by Gasteiger charge is -2.14. The maximum atomic E-state index is 10.7. The van der Waals surface area contributed by atoms with E-state index in [1.54, 1.807) is 13.8 Å². The molecule has 48 valence electrons. The van der Waals surface area contributed by atoms with E-state index in [1.165, 1.54) is 0 Å². The monoisotopic (exact) mass is 115 g/mol. The molecule has 0 aromatic carbocycles. The molecule has 0 spiro atoms. The summed E-state index contributed by atoms with van der Waals surface area (Å²) in [6.07, 6.45) is 0.531. The van der Waals surface area contributed by atoms with Gasteiger partial charge < -0.3 is 5.73 Å². The smallest absolute Gasteiger partial charge is 0.151 e. The Hall–Kier alpha value is -0.370. The average Bonchev–Trinajstić information content (AvgIpc) is 1.62. The first-order valence-corrected chi connectivity index (χ1v) is 2.80. The Bertz CT molecular complexity index is 91.2. The van der Waals surface area contributed by atoms with E-state index in [9.17, 15) is 4.79 Å². The number of Topliss-reactive ketones (excluding diaryl/α,β-unsaturated/α-hetero) is 1. The van der Waals surface area contributed by atoms with E-state index >= 15 is 0 Å². The molecule has 2 heteroatoms. The Morgan fingerprint density at radius 2 is 2.00 bits per heavy atom. The van der Waals surface area contributed by atoms with Gasteiger partial charge in [-0.2, -0.15) is 0 Å². The minimum Gasteiger partial charge on any atom is -0.319 e. The minimum atomic E-state index is -0.630. The zero-order valence-corrected chi connectivity index (χ0v) is 5.69. The van der Waals surface area contributed by atoms with Crippen LogP contribution in [0.3, 0.4) is 0 Å². The van der Waals surface area contributed by atoms with Crippen molar-refractivity contribution in [3.63, 3.8) is 0 Å². The first kappa shape index (κ1) is 7.63. The van der Waals surface area contributed by atoms with Crippen molar-refractivity contribution in [3.8, 4) is 0 Å². The number of rotatable bonds is 2. The van der Waals surface area contributed by atoms with E-state index in [-0.39, 0.29) is 5.78 Å². The van der Waals surface area contributed by atoms with Crippen LogP contribution < -0.4 is 5.73 Å². The molecule has 0 atom stereocenters. The van der Waals surface area contributed by atoms with Crippen molar-refractivity contribution in [1.29, 1.82) is 0 Å². The Kier molecular flexibility index (Phi) is 2.16. The number of hydrogen-bond acceptors (Lipinski definition) is 2. The van der Waals surface area contributed by atoms with E-state index in [1.807, 2.05) is 6.92 Å². The van der Waals surface area contributed by atoms with Crippen LogP contribution in [0.25, 0.3) is 0 Å². The summed E-state index contributed by atoms with van der Waals surface area (Å²) in [4.78, 5) is 10.7. The molecule has 0 aromatic heterocycles. The maximum absolute atomic E-state index is 10.7. The van der Waals surface area contributed by atoms with Crippen molar-refractivity contribution in [3.05, 3.63) is 0 Å². The third-order valence-electron chi connectivity index (χ3n) is 1.04. The summed E-state index contributed by atoms with van der Waals surface area (Å²) in [5, 5.41) is 0. The lowest BCUT2D eigenvalue weighted by molar-refractivity contribution is -0.122. The fourth-order valence-corrected chi connectivity index (χ4v) is 0.456. The van der Waals surface area contributed by atoms with Crippen LogP contribution in [0.4, 0.5) is 0 Å². The van der Waals surface area contributed by atoms with Crippen LogP contribution in [-0.4, -0.2) is 11.3 Å². The largest absolute Gasteiger partial charge is 0.319 e. The predicted molar refractivity (Wildman–Crippen MR) is 33.6 cm³/mol. The number of carbonyl (C=O) groups is 1. The topological polar surface area (TPSA) is 43.1 Å². The molecule has 0 bridgehead atoms. The quantitative estimate of drug-likeness (QED) is 0.575. The van der Waals surface area contributed by atoms with E-state index in [4.69, 9.17) is 5.73 Å². The van der Waals surface area contributed by atoms with Crippen LogP contribution in [0.1, 0.15) is 27.2 Å². The van der Waals surface area contributed by atoms with Crippen molar-refractivity contribution in [2.24, 2.45) is 5.73 Å². The van der Waals surface area contributed by atoms with Gasteiger partial charge in [0.25, 0.3) is 0 Å². The SMILES string of the molecule is CCC(=O)C(C)(C)N. The second-order valence-corrected chi connectivity index (χ2v) is 2.50. The van der Waals surface area contributed by atoms with Gasteiger partial charge in [-0.05, 0) is 13.8 Å². The molecule has 0 fully saturated rings. The normalized spacial score (nSPS) is 11.5. The van der Waals surface area contributed by atoms with Gasteiger partial charge in [0.1, 0.15) is 0 Å². The molecule has 0 aliphatic rings. The molecule has 0 heterocycles. The number of carbonyl (C=O) groups excluding carboxylic acids is 1. The van der Waals surface area contributed by atoms with Crippen molar-refractivity contribution in [2.75, 3.05) is 0 Å². The Morgan fingerprint density at radius 3 is 2.00 bits per heavy atom. The van der Waals surface area contributed by atoms with E-state index < -0.39 is 5.54 Å². The highest BCUT2D eigenvalue weighted by atomic mass is 16.1. The highest BCUT2D eigenvalue weighted by Gasteiger charge is 2.18. The second-order valence-electron chi connectivity index (χ2n) is 2.50. The third kappa shape index (κ3) is 2.07. The van der Waals surface area contributed by atoms with Gasteiger partial charge in [-0.3, -0.25) is 4.79 Å². The summed E-state index contributed by atoms with van der Waals surface area (Å²) in [6.45, 7) is 5.26. The molecule has 2 N–H and O–H groups in total. The number of ketones is 1. The average molecular weight is 115 g/mol. The standard InChI is InChI=1S/C6H13NO/c1-4-5(8)6(2,3)7/h4,7H2,1-3H3. The molecular weight excluding hydrogens is 102 g/mol. The van der Waals surface area contributed by atoms with E-state index in [0.29, 0.717) is 6.42 Å². The van der Waals surface area contributed by atoms with E-state index in [2.05, 4.69) is 0 Å². The molecule has 8 heavy (non-hydrogen) atoms. The molecule has 0 aromatic rings. The lowest BCUT2D eigenvalue weighted by atomic mass is 9.99. The zero-order valence-electron chi connectivity index (χ0n) is 5.69. The van der Waals surface area contributed by atoms with Gasteiger partial charge >= 0.3 is 0 Å². The summed E-state index contributed by atoms with van der Waals surface area (Å²) >= 11 is 0. The lowest BCUT2D eigenvalue weighted by Crippen LogP contribution is -2.40. The Morgan fingerprint density at radius 1 is 1.62 bits per heavy atom. The Balaban J connectivity index is 3.82. The van der Waals surface area contributed by atoms with E-state index in [0.717, 1.165) is 0 Å². The van der Waals surface area contributed by atoms with Crippen molar-refractivity contribution < 1.29 is 4.79 Å². The van der Waals surface area contributed by atoms with Crippen molar-refractivity contribution in [1.82, 2.24) is 0 Å². The second kappa shape index (κ2) is 2.27. The molecule has 0 radical (unpaired) electrons. The molecule has 0 rings (SSSR count). The van der Waals surface area contributed by atoms with Crippen molar-refractivity contribution in [2.45, 2.75) is 32.7 Å². The highest BCUT2D eigenvalue weighted by Crippen LogP contribution is 2.00. The van der Waals surface area contributed by atoms with Gasteiger partial charge in [0.05, 0.1) is 5.54 Å². The molecule has 0 unspecified atom stereocenters. The van der Waals surface area contributed by atoms with Gasteiger partial charge in [-0.25, -0.2) is 0 Å². The predicted octanol–water partition coefficient (Wildman–Crippen LogP) is 0.703.